The van der Waals surface area contributed by atoms with Crippen LogP contribution in [0.15, 0.2) is 54.6 Å². The minimum Gasteiger partial charge on any atom is -0.493 e. The number of hydrogen-bond donors (Lipinski definition) is 2. The van der Waals surface area contributed by atoms with E-state index in [1.807, 2.05) is 36.4 Å². The summed E-state index contributed by atoms with van der Waals surface area (Å²) in [7, 11) is 0. The van der Waals surface area contributed by atoms with Gasteiger partial charge in [0.25, 0.3) is 0 Å². The predicted molar refractivity (Wildman–Crippen MR) is 242 cm³/mol. The van der Waals surface area contributed by atoms with Crippen LogP contribution in [0.5, 0.6) is 17.2 Å². The van der Waals surface area contributed by atoms with Crippen molar-refractivity contribution in [2.75, 3.05) is 19.8 Å². The Morgan fingerprint density at radius 2 is 0.746 bits per heavy atom. The highest BCUT2D eigenvalue weighted by Crippen LogP contribution is 2.67. The van der Waals surface area contributed by atoms with Crippen molar-refractivity contribution in [1.29, 1.82) is 0 Å². The zero-order valence-corrected chi connectivity index (χ0v) is 37.2. The van der Waals surface area contributed by atoms with Gasteiger partial charge in [0.2, 0.25) is 0 Å². The van der Waals surface area contributed by atoms with Crippen LogP contribution >= 0.6 is 0 Å². The molecule has 3 aromatic carbocycles. The van der Waals surface area contributed by atoms with Gasteiger partial charge in [0.15, 0.2) is 5.60 Å². The Bertz CT molecular complexity index is 1510. The number of ether oxygens (including phenoxy) is 3. The summed E-state index contributed by atoms with van der Waals surface area (Å²) in [6, 6.07) is 18.2. The largest absolute Gasteiger partial charge is 0.493 e. The molecule has 59 heavy (non-hydrogen) atoms. The molecule has 0 heterocycles. The van der Waals surface area contributed by atoms with Gasteiger partial charge in [-0.15, -0.1) is 0 Å². The number of rotatable bonds is 33. The lowest BCUT2D eigenvalue weighted by atomic mass is 9.49. The first-order chi connectivity index (χ1) is 28.9. The first-order valence-electron chi connectivity index (χ1n) is 24.2. The fourth-order valence-corrected chi connectivity index (χ4v) is 9.90. The SMILES string of the molecule is CCCCCCCCCCOc1cccc2c1C1(O)c3c(OCCCCCCCCCC)cccc3C2(CCC(=O)O)c2cccc(OCCCCCCCCCC)c21. The molecule has 326 valence electrons. The van der Waals surface area contributed by atoms with Gasteiger partial charge in [-0.25, -0.2) is 0 Å². The van der Waals surface area contributed by atoms with Crippen molar-refractivity contribution in [1.82, 2.24) is 0 Å². The minimum atomic E-state index is -1.63. The summed E-state index contributed by atoms with van der Waals surface area (Å²) in [4.78, 5) is 12.5. The quantitative estimate of drug-likeness (QED) is 0.0596. The summed E-state index contributed by atoms with van der Waals surface area (Å²) < 4.78 is 20.1. The third-order valence-electron chi connectivity index (χ3n) is 13.0. The number of carboxylic acid groups (broad SMARTS) is 1. The molecule has 0 saturated heterocycles. The molecule has 6 rings (SSSR count). The van der Waals surface area contributed by atoms with E-state index >= 15 is 0 Å². The molecule has 0 aliphatic heterocycles. The zero-order chi connectivity index (χ0) is 41.8. The molecule has 3 aliphatic carbocycles. The zero-order valence-electron chi connectivity index (χ0n) is 37.2. The maximum Gasteiger partial charge on any atom is 0.303 e. The van der Waals surface area contributed by atoms with Crippen molar-refractivity contribution in [3.05, 3.63) is 88.0 Å². The van der Waals surface area contributed by atoms with Crippen LogP contribution in [0.3, 0.4) is 0 Å². The van der Waals surface area contributed by atoms with Crippen LogP contribution in [-0.4, -0.2) is 36.0 Å². The lowest BCUT2D eigenvalue weighted by molar-refractivity contribution is -0.137. The number of benzene rings is 3. The number of carboxylic acids is 1. The van der Waals surface area contributed by atoms with Gasteiger partial charge in [-0.1, -0.05) is 192 Å². The highest BCUT2D eigenvalue weighted by molar-refractivity contribution is 5.80. The normalized spacial score (nSPS) is 17.4. The molecule has 0 radical (unpaired) electrons. The fraction of sp³-hybridized carbons (Fsp3) is 0.642. The molecule has 0 unspecified atom stereocenters. The van der Waals surface area contributed by atoms with Crippen molar-refractivity contribution in [3.8, 4) is 17.2 Å². The maximum absolute atomic E-state index is 13.9. The Morgan fingerprint density at radius 3 is 1.03 bits per heavy atom. The summed E-state index contributed by atoms with van der Waals surface area (Å²) in [5.41, 5.74) is 2.37. The van der Waals surface area contributed by atoms with Crippen molar-refractivity contribution in [3.63, 3.8) is 0 Å². The maximum atomic E-state index is 13.9. The Balaban J connectivity index is 1.48. The van der Waals surface area contributed by atoms with Crippen molar-refractivity contribution >= 4 is 5.97 Å². The number of unbranched alkanes of at least 4 members (excludes halogenated alkanes) is 21. The number of aliphatic hydroxyl groups is 1. The molecule has 3 aliphatic rings. The van der Waals surface area contributed by atoms with Gasteiger partial charge in [-0.2, -0.15) is 0 Å². The average molecular weight is 811 g/mol. The standard InChI is InChI=1S/C53H78O6/c1-4-7-10-13-16-19-22-25-39-57-45-34-28-31-42-49(45)53(56)50-43(32-29-35-46(50)58-40-26-23-20-17-14-11-8-5-2)52(42,38-37-48(54)55)44-33-30-36-47(51(44)53)59-41-27-24-21-18-15-12-9-6-3/h28-36,56H,4-27,37-41H2,1-3H3,(H,54,55). The van der Waals surface area contributed by atoms with E-state index in [4.69, 9.17) is 14.2 Å². The lowest BCUT2D eigenvalue weighted by Crippen LogP contribution is -2.51. The Labute approximate surface area is 357 Å². The van der Waals surface area contributed by atoms with Gasteiger partial charge in [0, 0.05) is 28.5 Å². The Kier molecular flexibility index (Phi) is 19.5. The number of hydrogen-bond acceptors (Lipinski definition) is 5. The summed E-state index contributed by atoms with van der Waals surface area (Å²) in [5, 5.41) is 24.1. The molecule has 3 aromatic rings. The summed E-state index contributed by atoms with van der Waals surface area (Å²) >= 11 is 0. The van der Waals surface area contributed by atoms with Crippen LogP contribution in [-0.2, 0) is 15.8 Å². The van der Waals surface area contributed by atoms with Crippen LogP contribution < -0.4 is 14.2 Å². The molecule has 2 N–H and O–H groups in total. The Morgan fingerprint density at radius 1 is 0.458 bits per heavy atom. The van der Waals surface area contributed by atoms with Gasteiger partial charge < -0.3 is 24.4 Å². The highest BCUT2D eigenvalue weighted by Gasteiger charge is 2.61. The summed E-state index contributed by atoms with van der Waals surface area (Å²) in [6.45, 7) is 8.42. The van der Waals surface area contributed by atoms with E-state index in [2.05, 4.69) is 39.0 Å². The van der Waals surface area contributed by atoms with Gasteiger partial charge in [-0.3, -0.25) is 4.79 Å². The van der Waals surface area contributed by atoms with E-state index in [9.17, 15) is 15.0 Å². The third kappa shape index (κ3) is 11.7. The van der Waals surface area contributed by atoms with Gasteiger partial charge in [-0.05, 0) is 60.6 Å². The van der Waals surface area contributed by atoms with E-state index in [-0.39, 0.29) is 6.42 Å². The van der Waals surface area contributed by atoms with Gasteiger partial charge in [0.1, 0.15) is 17.2 Å². The molecule has 0 aromatic heterocycles. The topological polar surface area (TPSA) is 85.2 Å². The molecule has 0 saturated carbocycles. The smallest absolute Gasteiger partial charge is 0.303 e. The molecule has 2 bridgehead atoms. The number of aliphatic carboxylic acids is 1. The molecule has 0 amide bonds. The first-order valence-corrected chi connectivity index (χ1v) is 24.2. The van der Waals surface area contributed by atoms with Gasteiger partial charge >= 0.3 is 5.97 Å². The van der Waals surface area contributed by atoms with Gasteiger partial charge in [0.05, 0.1) is 19.8 Å². The average Bonchev–Trinajstić information content (AvgIpc) is 3.24. The lowest BCUT2D eigenvalue weighted by Gasteiger charge is -2.55. The number of carbonyl (C=O) groups is 1. The highest BCUT2D eigenvalue weighted by atomic mass is 16.5. The van der Waals surface area contributed by atoms with E-state index in [1.165, 1.54) is 116 Å². The summed E-state index contributed by atoms with van der Waals surface area (Å²) in [5.74, 6) is 1.11. The monoisotopic (exact) mass is 811 g/mol. The molecule has 0 fully saturated rings. The Hall–Kier alpha value is -3.51. The fourth-order valence-electron chi connectivity index (χ4n) is 9.90. The van der Waals surface area contributed by atoms with E-state index < -0.39 is 17.0 Å². The van der Waals surface area contributed by atoms with E-state index in [1.54, 1.807) is 0 Å². The van der Waals surface area contributed by atoms with Crippen LogP contribution in [0.4, 0.5) is 0 Å². The second kappa shape index (κ2) is 24.7. The second-order valence-corrected chi connectivity index (χ2v) is 17.5. The van der Waals surface area contributed by atoms with Crippen molar-refractivity contribution < 1.29 is 29.2 Å². The molecule has 6 heteroatoms. The van der Waals surface area contributed by atoms with Crippen LogP contribution in [0.1, 0.15) is 221 Å². The van der Waals surface area contributed by atoms with Crippen LogP contribution in [0.2, 0.25) is 0 Å². The first kappa shape index (κ1) is 46.6. The molecular formula is C53H78O6. The molecule has 6 nitrogen and oxygen atoms in total. The van der Waals surface area contributed by atoms with E-state index in [0.29, 0.717) is 60.2 Å². The van der Waals surface area contributed by atoms with E-state index in [0.717, 1.165) is 55.2 Å². The minimum absolute atomic E-state index is 0.0349. The van der Waals surface area contributed by atoms with Crippen molar-refractivity contribution in [2.24, 2.45) is 0 Å². The molecule has 0 spiro atoms. The predicted octanol–water partition coefficient (Wildman–Crippen LogP) is 14.4. The van der Waals surface area contributed by atoms with Crippen molar-refractivity contribution in [2.45, 2.75) is 199 Å². The van der Waals surface area contributed by atoms with Crippen LogP contribution in [0, 0.1) is 0 Å². The molecule has 0 atom stereocenters. The second-order valence-electron chi connectivity index (χ2n) is 17.5. The summed E-state index contributed by atoms with van der Waals surface area (Å²) in [6.07, 6.45) is 29.3. The van der Waals surface area contributed by atoms with Crippen LogP contribution in [0.25, 0.3) is 0 Å². The third-order valence-corrected chi connectivity index (χ3v) is 13.0. The molecular weight excluding hydrogens is 733 g/mol.